The molecule has 4 unspecified atom stereocenters. The van der Waals surface area contributed by atoms with Crippen LogP contribution in [0, 0.1) is 17.3 Å². The van der Waals surface area contributed by atoms with Crippen molar-refractivity contribution >= 4 is 5.97 Å². The van der Waals surface area contributed by atoms with E-state index in [1.54, 1.807) is 0 Å². The quantitative estimate of drug-likeness (QED) is 0.582. The molecule has 21 heavy (non-hydrogen) atoms. The molecule has 6 heteroatoms. The lowest BCUT2D eigenvalue weighted by Crippen LogP contribution is -2.36. The van der Waals surface area contributed by atoms with Gasteiger partial charge in [-0.1, -0.05) is 20.8 Å². The van der Waals surface area contributed by atoms with E-state index in [4.69, 9.17) is 4.74 Å². The van der Waals surface area contributed by atoms with Gasteiger partial charge in [0.05, 0.1) is 5.92 Å². The van der Waals surface area contributed by atoms with Gasteiger partial charge in [-0.2, -0.15) is 0 Å². The Balaban J connectivity index is 2.08. The largest absolute Gasteiger partial charge is 0.461 e. The van der Waals surface area contributed by atoms with Crippen LogP contribution in [0.3, 0.4) is 0 Å². The summed E-state index contributed by atoms with van der Waals surface area (Å²) >= 11 is 0. The van der Waals surface area contributed by atoms with Crippen molar-refractivity contribution in [3.8, 4) is 0 Å². The third-order valence-electron chi connectivity index (χ3n) is 4.69. The first kappa shape index (κ1) is 16.0. The lowest BCUT2D eigenvalue weighted by molar-refractivity contribution is -0.145. The lowest BCUT2D eigenvalue weighted by atomic mass is 9.90. The molecule has 0 saturated heterocycles. The molecule has 0 aliphatic heterocycles. The van der Waals surface area contributed by atoms with Crippen LogP contribution in [-0.4, -0.2) is 24.4 Å². The zero-order valence-electron chi connectivity index (χ0n) is 12.3. The van der Waals surface area contributed by atoms with E-state index in [1.807, 2.05) is 20.8 Å². The molecule has 0 bridgehead atoms. The Kier molecular flexibility index (Phi) is 3.71. The summed E-state index contributed by atoms with van der Waals surface area (Å²) in [7, 11) is 0. The topological polar surface area (TPSA) is 26.3 Å². The third kappa shape index (κ3) is 2.60. The number of ether oxygens (including phenoxy) is 1. The highest BCUT2D eigenvalue weighted by atomic mass is 19.2. The Morgan fingerprint density at radius 3 is 2.33 bits per heavy atom. The molecule has 0 aromatic carbocycles. The summed E-state index contributed by atoms with van der Waals surface area (Å²) in [6.07, 6.45) is -2.13. The molecule has 118 valence electrons. The SMILES string of the molecule is CC1C(C(=O)OCC2=C(F)C(F)=CC(C)(F)C2F)C1(C)C. The lowest BCUT2D eigenvalue weighted by Gasteiger charge is -2.27. The number of hydrogen-bond acceptors (Lipinski definition) is 2. The van der Waals surface area contributed by atoms with Crippen LogP contribution in [0.1, 0.15) is 27.7 Å². The highest BCUT2D eigenvalue weighted by Gasteiger charge is 2.60. The van der Waals surface area contributed by atoms with E-state index >= 15 is 0 Å². The minimum atomic E-state index is -2.66. The van der Waals surface area contributed by atoms with Crippen molar-refractivity contribution in [3.63, 3.8) is 0 Å². The van der Waals surface area contributed by atoms with Crippen molar-refractivity contribution in [3.05, 3.63) is 23.3 Å². The summed E-state index contributed by atoms with van der Waals surface area (Å²) in [6.45, 7) is 5.64. The fourth-order valence-electron chi connectivity index (χ4n) is 2.77. The molecular weight excluding hydrogens is 288 g/mol. The maximum absolute atomic E-state index is 13.9. The van der Waals surface area contributed by atoms with Gasteiger partial charge in [0, 0.05) is 5.57 Å². The van der Waals surface area contributed by atoms with Gasteiger partial charge in [-0.25, -0.2) is 17.6 Å². The zero-order chi connectivity index (χ0) is 16.2. The van der Waals surface area contributed by atoms with E-state index in [2.05, 4.69) is 0 Å². The van der Waals surface area contributed by atoms with Gasteiger partial charge in [0.25, 0.3) is 0 Å². The molecule has 0 heterocycles. The van der Waals surface area contributed by atoms with E-state index in [0.29, 0.717) is 0 Å². The number of rotatable bonds is 3. The number of carbonyl (C=O) groups excluding carboxylic acids is 1. The Morgan fingerprint density at radius 2 is 1.86 bits per heavy atom. The van der Waals surface area contributed by atoms with Gasteiger partial charge >= 0.3 is 5.97 Å². The van der Waals surface area contributed by atoms with Crippen LogP contribution in [0.2, 0.25) is 0 Å². The summed E-state index contributed by atoms with van der Waals surface area (Å²) < 4.78 is 59.3. The van der Waals surface area contributed by atoms with Gasteiger partial charge in [0.2, 0.25) is 0 Å². The van der Waals surface area contributed by atoms with E-state index in [9.17, 15) is 22.4 Å². The number of allylic oxidation sites excluding steroid dienone is 3. The molecule has 2 nitrogen and oxygen atoms in total. The monoisotopic (exact) mass is 306 g/mol. The average molecular weight is 306 g/mol. The fraction of sp³-hybridized carbons (Fsp3) is 0.667. The second-order valence-corrected chi connectivity index (χ2v) is 6.54. The standard InChI is InChI=1S/C15H18F4O2/c1-7-10(14(7,2)3)13(20)21-6-8-11(17)9(16)5-15(4,19)12(8)18/h5,7,10,12H,6H2,1-4H3. The van der Waals surface area contributed by atoms with Crippen LogP contribution in [0.4, 0.5) is 17.6 Å². The van der Waals surface area contributed by atoms with Crippen LogP contribution < -0.4 is 0 Å². The Labute approximate surface area is 120 Å². The maximum Gasteiger partial charge on any atom is 0.310 e. The van der Waals surface area contributed by atoms with Crippen LogP contribution in [-0.2, 0) is 9.53 Å². The van der Waals surface area contributed by atoms with Gasteiger partial charge in [-0.05, 0) is 24.3 Å². The molecule has 4 atom stereocenters. The van der Waals surface area contributed by atoms with Gasteiger partial charge in [-0.3, -0.25) is 4.79 Å². The first-order valence-electron chi connectivity index (χ1n) is 6.77. The van der Waals surface area contributed by atoms with Crippen molar-refractivity contribution in [2.24, 2.45) is 17.3 Å². The van der Waals surface area contributed by atoms with Crippen molar-refractivity contribution in [2.45, 2.75) is 39.5 Å². The number of carbonyl (C=O) groups is 1. The predicted molar refractivity (Wildman–Crippen MR) is 69.1 cm³/mol. The van der Waals surface area contributed by atoms with Crippen molar-refractivity contribution in [1.29, 1.82) is 0 Å². The van der Waals surface area contributed by atoms with Crippen LogP contribution in [0.25, 0.3) is 0 Å². The molecule has 0 aromatic rings. The summed E-state index contributed by atoms with van der Waals surface area (Å²) in [5.74, 6) is -3.83. The molecule has 0 amide bonds. The van der Waals surface area contributed by atoms with E-state index in [1.165, 1.54) is 0 Å². The van der Waals surface area contributed by atoms with E-state index in [-0.39, 0.29) is 23.3 Å². The van der Waals surface area contributed by atoms with Crippen LogP contribution in [0.15, 0.2) is 23.3 Å². The van der Waals surface area contributed by atoms with Gasteiger partial charge < -0.3 is 4.74 Å². The minimum absolute atomic E-state index is 0.0967. The smallest absolute Gasteiger partial charge is 0.310 e. The predicted octanol–water partition coefficient (Wildman–Crippen LogP) is 3.98. The third-order valence-corrected chi connectivity index (χ3v) is 4.69. The number of esters is 1. The summed E-state index contributed by atoms with van der Waals surface area (Å²) in [5, 5.41) is 0. The van der Waals surface area contributed by atoms with Crippen molar-refractivity contribution < 1.29 is 27.1 Å². The van der Waals surface area contributed by atoms with Gasteiger partial charge in [0.1, 0.15) is 6.61 Å². The molecule has 2 aliphatic rings. The molecule has 2 aliphatic carbocycles. The van der Waals surface area contributed by atoms with Gasteiger partial charge in [-0.15, -0.1) is 0 Å². The normalized spacial score (nSPS) is 38.1. The second-order valence-electron chi connectivity index (χ2n) is 6.54. The Bertz CT molecular complexity index is 534. The highest BCUT2D eigenvalue weighted by Crippen LogP contribution is 2.58. The van der Waals surface area contributed by atoms with Crippen molar-refractivity contribution in [2.75, 3.05) is 6.61 Å². The summed E-state index contributed by atoms with van der Waals surface area (Å²) in [5.41, 5.74) is -3.70. The van der Waals surface area contributed by atoms with E-state index < -0.39 is 41.6 Å². The first-order valence-corrected chi connectivity index (χ1v) is 6.77. The molecule has 0 aromatic heterocycles. The fourth-order valence-corrected chi connectivity index (χ4v) is 2.77. The maximum atomic E-state index is 13.9. The number of alkyl halides is 2. The zero-order valence-corrected chi connectivity index (χ0v) is 12.3. The molecular formula is C15H18F4O2. The molecule has 2 rings (SSSR count). The van der Waals surface area contributed by atoms with E-state index in [0.717, 1.165) is 6.92 Å². The van der Waals surface area contributed by atoms with Crippen LogP contribution in [0.5, 0.6) is 0 Å². The van der Waals surface area contributed by atoms with Crippen molar-refractivity contribution in [1.82, 2.24) is 0 Å². The molecule has 1 fully saturated rings. The molecule has 0 N–H and O–H groups in total. The number of halogens is 4. The number of hydrogen-bond donors (Lipinski definition) is 0. The average Bonchev–Trinajstić information content (AvgIpc) is 2.85. The van der Waals surface area contributed by atoms with Crippen LogP contribution >= 0.6 is 0 Å². The Hall–Kier alpha value is -1.33. The minimum Gasteiger partial charge on any atom is -0.461 e. The highest BCUT2D eigenvalue weighted by molar-refractivity contribution is 5.77. The first-order chi connectivity index (χ1) is 9.50. The molecule has 0 radical (unpaired) electrons. The summed E-state index contributed by atoms with van der Waals surface area (Å²) in [6, 6.07) is 0. The summed E-state index contributed by atoms with van der Waals surface area (Å²) in [4.78, 5) is 11.8. The molecule has 1 saturated carbocycles. The second kappa shape index (κ2) is 4.85. The molecule has 0 spiro atoms. The Morgan fingerprint density at radius 1 is 1.33 bits per heavy atom. The van der Waals surface area contributed by atoms with Gasteiger partial charge in [0.15, 0.2) is 23.5 Å².